The fourth-order valence-electron chi connectivity index (χ4n) is 1.00. The molecule has 0 saturated heterocycles. The summed E-state index contributed by atoms with van der Waals surface area (Å²) in [6, 6.07) is 3.86. The van der Waals surface area contributed by atoms with Gasteiger partial charge in [-0.3, -0.25) is 0 Å². The van der Waals surface area contributed by atoms with Gasteiger partial charge >= 0.3 is 0 Å². The lowest BCUT2D eigenvalue weighted by molar-refractivity contribution is 0.397. The zero-order chi connectivity index (χ0) is 9.52. The van der Waals surface area contributed by atoms with Crippen molar-refractivity contribution in [2.45, 2.75) is 0 Å². The number of rotatable bonds is 4. The van der Waals surface area contributed by atoms with Gasteiger partial charge in [-0.1, -0.05) is 12.2 Å². The third-order valence-electron chi connectivity index (χ3n) is 1.61. The zero-order valence-corrected chi connectivity index (χ0v) is 7.95. The maximum Gasteiger partial charge on any atom is 0.220 e. The monoisotopic (exact) mass is 178 g/mol. The van der Waals surface area contributed by atoms with E-state index in [4.69, 9.17) is 4.74 Å². The van der Waals surface area contributed by atoms with Gasteiger partial charge < -0.3 is 10.1 Å². The van der Waals surface area contributed by atoms with Crippen LogP contribution in [0.25, 0.3) is 6.08 Å². The van der Waals surface area contributed by atoms with Crippen molar-refractivity contribution in [2.24, 2.45) is 0 Å². The van der Waals surface area contributed by atoms with Gasteiger partial charge in [-0.25, -0.2) is 4.98 Å². The predicted molar refractivity (Wildman–Crippen MR) is 53.7 cm³/mol. The summed E-state index contributed by atoms with van der Waals surface area (Å²) in [5, 5.41) is 3.03. The first kappa shape index (κ1) is 9.74. The van der Waals surface area contributed by atoms with Gasteiger partial charge in [0.2, 0.25) is 5.88 Å². The molecule has 0 unspecified atom stereocenters. The minimum atomic E-state index is 0.662. The van der Waals surface area contributed by atoms with E-state index in [1.165, 1.54) is 0 Å². The Morgan fingerprint density at radius 3 is 3.15 bits per heavy atom. The molecule has 0 amide bonds. The van der Waals surface area contributed by atoms with E-state index in [9.17, 15) is 0 Å². The van der Waals surface area contributed by atoms with E-state index in [-0.39, 0.29) is 0 Å². The maximum atomic E-state index is 5.09. The number of nitrogens with zero attached hydrogens (tertiary/aromatic N) is 1. The van der Waals surface area contributed by atoms with E-state index < -0.39 is 0 Å². The fourth-order valence-corrected chi connectivity index (χ4v) is 1.00. The maximum absolute atomic E-state index is 5.09. The van der Waals surface area contributed by atoms with Crippen molar-refractivity contribution in [1.29, 1.82) is 0 Å². The van der Waals surface area contributed by atoms with Crippen LogP contribution in [0.2, 0.25) is 0 Å². The lowest BCUT2D eigenvalue weighted by Gasteiger charge is -2.01. The molecule has 0 aliphatic heterocycles. The Hall–Kier alpha value is -1.35. The van der Waals surface area contributed by atoms with Crippen LogP contribution in [0, 0.1) is 0 Å². The zero-order valence-electron chi connectivity index (χ0n) is 7.95. The van der Waals surface area contributed by atoms with Gasteiger partial charge in [0.1, 0.15) is 0 Å². The molecular formula is C10H14N2O. The Balaban J connectivity index is 2.74. The van der Waals surface area contributed by atoms with Crippen molar-refractivity contribution in [3.63, 3.8) is 0 Å². The highest BCUT2D eigenvalue weighted by Crippen LogP contribution is 2.14. The van der Waals surface area contributed by atoms with Gasteiger partial charge in [-0.05, 0) is 19.2 Å². The van der Waals surface area contributed by atoms with Crippen LogP contribution in [0.5, 0.6) is 5.88 Å². The summed E-state index contributed by atoms with van der Waals surface area (Å²) in [6.07, 6.45) is 5.73. The molecule has 0 aliphatic carbocycles. The third kappa shape index (κ3) is 2.87. The van der Waals surface area contributed by atoms with Crippen LogP contribution >= 0.6 is 0 Å². The number of nitrogens with one attached hydrogen (secondary N) is 1. The lowest BCUT2D eigenvalue weighted by atomic mass is 10.2. The highest BCUT2D eigenvalue weighted by molar-refractivity contribution is 5.54. The van der Waals surface area contributed by atoms with Crippen LogP contribution in [-0.2, 0) is 0 Å². The van der Waals surface area contributed by atoms with Crippen molar-refractivity contribution in [3.8, 4) is 5.88 Å². The van der Waals surface area contributed by atoms with Crippen LogP contribution in [0.4, 0.5) is 0 Å². The topological polar surface area (TPSA) is 34.2 Å². The largest absolute Gasteiger partial charge is 0.481 e. The number of likely N-dealkylation sites (N-methyl/N-ethyl adjacent to an activating group) is 1. The molecule has 1 heterocycles. The summed E-state index contributed by atoms with van der Waals surface area (Å²) in [6.45, 7) is 0.845. The molecule has 0 atom stereocenters. The Morgan fingerprint density at radius 1 is 1.62 bits per heavy atom. The van der Waals surface area contributed by atoms with Gasteiger partial charge in [0.05, 0.1) is 7.11 Å². The van der Waals surface area contributed by atoms with E-state index in [1.807, 2.05) is 31.3 Å². The van der Waals surface area contributed by atoms with Gasteiger partial charge in [0.25, 0.3) is 0 Å². The Kier molecular flexibility index (Phi) is 3.99. The number of pyridine rings is 1. The van der Waals surface area contributed by atoms with Gasteiger partial charge in [0.15, 0.2) is 0 Å². The highest BCUT2D eigenvalue weighted by atomic mass is 16.5. The number of ether oxygens (including phenoxy) is 1. The standard InChI is InChI=1S/C10H14N2O/c1-11-7-3-5-9-6-4-8-12-10(9)13-2/h3-6,8,11H,7H2,1-2H3. The SMILES string of the molecule is CNCC=Cc1cccnc1OC. The molecule has 1 aromatic rings. The van der Waals surface area contributed by atoms with Crippen LogP contribution in [0.15, 0.2) is 24.4 Å². The lowest BCUT2D eigenvalue weighted by Crippen LogP contribution is -2.03. The van der Waals surface area contributed by atoms with E-state index >= 15 is 0 Å². The number of methoxy groups -OCH3 is 1. The Labute approximate surface area is 78.4 Å². The quantitative estimate of drug-likeness (QED) is 0.755. The van der Waals surface area contributed by atoms with E-state index in [0.29, 0.717) is 5.88 Å². The molecule has 0 aromatic carbocycles. The predicted octanol–water partition coefficient (Wildman–Crippen LogP) is 1.32. The number of hydrogen-bond donors (Lipinski definition) is 1. The summed E-state index contributed by atoms with van der Waals surface area (Å²) in [5.74, 6) is 0.662. The van der Waals surface area contributed by atoms with Gasteiger partial charge in [-0.2, -0.15) is 0 Å². The summed E-state index contributed by atoms with van der Waals surface area (Å²) >= 11 is 0. The second-order valence-corrected chi connectivity index (χ2v) is 2.56. The molecule has 1 N–H and O–H groups in total. The Bertz CT molecular complexity index is 284. The minimum Gasteiger partial charge on any atom is -0.481 e. The molecule has 13 heavy (non-hydrogen) atoms. The van der Waals surface area contributed by atoms with Gasteiger partial charge in [-0.15, -0.1) is 0 Å². The summed E-state index contributed by atoms with van der Waals surface area (Å²) in [4.78, 5) is 4.08. The third-order valence-corrected chi connectivity index (χ3v) is 1.61. The van der Waals surface area contributed by atoms with Crippen LogP contribution in [0.3, 0.4) is 0 Å². The van der Waals surface area contributed by atoms with Crippen LogP contribution in [-0.4, -0.2) is 25.7 Å². The molecule has 0 fully saturated rings. The summed E-state index contributed by atoms with van der Waals surface area (Å²) in [5.41, 5.74) is 1.00. The first-order valence-electron chi connectivity index (χ1n) is 4.18. The van der Waals surface area contributed by atoms with Crippen molar-refractivity contribution < 1.29 is 4.74 Å². The van der Waals surface area contributed by atoms with Crippen molar-refractivity contribution in [3.05, 3.63) is 30.0 Å². The van der Waals surface area contributed by atoms with Crippen molar-refractivity contribution in [1.82, 2.24) is 10.3 Å². The Morgan fingerprint density at radius 2 is 2.46 bits per heavy atom. The first-order chi connectivity index (χ1) is 6.38. The first-order valence-corrected chi connectivity index (χ1v) is 4.18. The smallest absolute Gasteiger partial charge is 0.220 e. The molecule has 0 radical (unpaired) electrons. The molecule has 0 aliphatic rings. The molecule has 3 nitrogen and oxygen atoms in total. The van der Waals surface area contributed by atoms with E-state index in [2.05, 4.69) is 10.3 Å². The van der Waals surface area contributed by atoms with Crippen LogP contribution in [0.1, 0.15) is 5.56 Å². The van der Waals surface area contributed by atoms with Crippen molar-refractivity contribution in [2.75, 3.05) is 20.7 Å². The number of hydrogen-bond acceptors (Lipinski definition) is 3. The van der Waals surface area contributed by atoms with Crippen LogP contribution < -0.4 is 10.1 Å². The molecule has 0 bridgehead atoms. The average molecular weight is 178 g/mol. The molecule has 70 valence electrons. The van der Waals surface area contributed by atoms with E-state index in [0.717, 1.165) is 12.1 Å². The molecule has 0 spiro atoms. The fraction of sp³-hybridized carbons (Fsp3) is 0.300. The van der Waals surface area contributed by atoms with E-state index in [1.54, 1.807) is 13.3 Å². The normalized spacial score (nSPS) is 10.6. The number of aromatic nitrogens is 1. The average Bonchev–Trinajstić information content (AvgIpc) is 2.19. The summed E-state index contributed by atoms with van der Waals surface area (Å²) < 4.78 is 5.09. The van der Waals surface area contributed by atoms with Crippen molar-refractivity contribution >= 4 is 6.08 Å². The highest BCUT2D eigenvalue weighted by Gasteiger charge is 1.96. The second kappa shape index (κ2) is 5.32. The molecule has 0 saturated carbocycles. The minimum absolute atomic E-state index is 0.662. The molecular weight excluding hydrogens is 164 g/mol. The second-order valence-electron chi connectivity index (χ2n) is 2.56. The summed E-state index contributed by atoms with van der Waals surface area (Å²) in [7, 11) is 3.53. The van der Waals surface area contributed by atoms with Gasteiger partial charge in [0, 0.05) is 18.3 Å². The molecule has 3 heteroatoms. The molecule has 1 aromatic heterocycles. The molecule has 1 rings (SSSR count).